The van der Waals surface area contributed by atoms with Crippen molar-refractivity contribution in [2.24, 2.45) is 23.7 Å². The number of alkyl halides is 1. The van der Waals surface area contributed by atoms with E-state index in [1.807, 2.05) is 0 Å². The number of phenols is 3. The molecule has 5 rings (SSSR count). The highest BCUT2D eigenvalue weighted by Gasteiger charge is 2.50. The SMILES string of the molecule is CO[C@H]1/C=C/O[C@@]2(C)Oc3c(C)c(O)c4c(O)c(c(NC(=O)OCCl)c(O)c4c3C2=O)NC(=O)/C(C)=C\C=C\[C@@H](C)[C@H](O)[C@@H](C)[C@H](O)[C@@H](C)[C@H](OC(C)=O)[C@@H]1C. The number of aromatic hydroxyl groups is 3. The number of esters is 1. The van der Waals surface area contributed by atoms with Gasteiger partial charge in [-0.3, -0.25) is 19.7 Å². The van der Waals surface area contributed by atoms with E-state index in [1.165, 1.54) is 53.0 Å². The number of anilines is 2. The molecule has 17 heteroatoms. The first kappa shape index (κ1) is 43.7. The highest BCUT2D eigenvalue weighted by Crippen LogP contribution is 2.57. The van der Waals surface area contributed by atoms with Crippen LogP contribution in [0.4, 0.5) is 16.2 Å². The van der Waals surface area contributed by atoms with Gasteiger partial charge in [0.05, 0.1) is 35.5 Å². The Morgan fingerprint density at radius 2 is 1.62 bits per heavy atom. The molecule has 0 aliphatic carbocycles. The number of benzene rings is 2. The van der Waals surface area contributed by atoms with Crippen LogP contribution < -0.4 is 15.4 Å². The van der Waals surface area contributed by atoms with E-state index in [1.54, 1.807) is 33.8 Å². The molecular formula is C39H49ClN2O14. The zero-order valence-corrected chi connectivity index (χ0v) is 33.3. The molecule has 0 radical (unpaired) electrons. The van der Waals surface area contributed by atoms with Crippen LogP contribution in [0.25, 0.3) is 10.8 Å². The number of Topliss-reactive ketones (excluding diaryl/α,β-unsaturated/α-hetero) is 1. The number of methoxy groups -OCH3 is 1. The van der Waals surface area contributed by atoms with Crippen LogP contribution in [-0.4, -0.2) is 92.7 Å². The number of aliphatic hydroxyl groups excluding tert-OH is 2. The quantitative estimate of drug-likeness (QED) is 0.0875. The smallest absolute Gasteiger partial charge is 0.413 e. The summed E-state index contributed by atoms with van der Waals surface area (Å²) >= 11 is 5.56. The lowest BCUT2D eigenvalue weighted by atomic mass is 9.78. The van der Waals surface area contributed by atoms with E-state index < -0.39 is 123 Å². The number of ketones is 1. The summed E-state index contributed by atoms with van der Waals surface area (Å²) in [5.74, 6) is -9.62. The van der Waals surface area contributed by atoms with E-state index in [2.05, 4.69) is 10.6 Å². The lowest BCUT2D eigenvalue weighted by Gasteiger charge is -2.38. The Labute approximate surface area is 328 Å². The summed E-state index contributed by atoms with van der Waals surface area (Å²) in [4.78, 5) is 52.6. The first-order valence-corrected chi connectivity index (χ1v) is 18.3. The van der Waals surface area contributed by atoms with Crippen molar-refractivity contribution in [3.63, 3.8) is 0 Å². The van der Waals surface area contributed by atoms with E-state index >= 15 is 0 Å². The summed E-state index contributed by atoms with van der Waals surface area (Å²) in [7, 11) is 1.40. The standard InChI is InChI=1S/C39H49ClN2O14/c1-16-11-10-12-17(2)37(50)41-27-28(42-38(51)53-15-40)32(47)24-25(33(27)48)31(46)21(6)35-26(24)36(49)39(8,56-35)54-14-13-23(52-9)18(3)34(55-22(7)43)20(5)30(45)19(4)29(16)44/h10-14,16,18-20,23,29-30,34,44-48H,15H2,1-9H3,(H,41,50)(H,42,51)/b11-10+,14-13+,17-12-/t16-,18-,19-,20-,23+,29+,30+,34-,39+/m1/s1. The summed E-state index contributed by atoms with van der Waals surface area (Å²) in [6, 6.07) is -0.607. The molecule has 2 amide bonds. The lowest BCUT2D eigenvalue weighted by Crippen LogP contribution is -2.46. The van der Waals surface area contributed by atoms with Gasteiger partial charge in [0.1, 0.15) is 34.7 Å². The number of hydrogen-bond donors (Lipinski definition) is 7. The number of allylic oxidation sites excluding steroid dienone is 2. The van der Waals surface area contributed by atoms with Crippen molar-refractivity contribution >= 4 is 57.5 Å². The summed E-state index contributed by atoms with van der Waals surface area (Å²) in [5.41, 5.74) is -1.49. The predicted molar refractivity (Wildman–Crippen MR) is 205 cm³/mol. The molecular weight excluding hydrogens is 756 g/mol. The Morgan fingerprint density at radius 1 is 0.964 bits per heavy atom. The highest BCUT2D eigenvalue weighted by atomic mass is 35.5. The Morgan fingerprint density at radius 3 is 2.23 bits per heavy atom. The molecule has 306 valence electrons. The maximum absolute atomic E-state index is 14.2. The molecule has 0 fully saturated rings. The third-order valence-electron chi connectivity index (χ3n) is 10.4. The number of nitrogens with one attached hydrogen (secondary N) is 2. The number of hydrogen-bond acceptors (Lipinski definition) is 14. The Bertz CT molecular complexity index is 1980. The van der Waals surface area contributed by atoms with Gasteiger partial charge in [-0.15, -0.1) is 0 Å². The average Bonchev–Trinajstić information content (AvgIpc) is 3.41. The molecule has 7 N–H and O–H groups in total. The Hall–Kier alpha value is -5.03. The van der Waals surface area contributed by atoms with Crippen LogP contribution in [0, 0.1) is 30.6 Å². The largest absolute Gasteiger partial charge is 0.507 e. The second-order valence-corrected chi connectivity index (χ2v) is 14.5. The number of fused-ring (bicyclic) bond motifs is 14. The van der Waals surface area contributed by atoms with Gasteiger partial charge < -0.3 is 54.5 Å². The molecule has 0 aromatic heterocycles. The van der Waals surface area contributed by atoms with Crippen molar-refractivity contribution in [1.29, 1.82) is 0 Å². The van der Waals surface area contributed by atoms with Crippen LogP contribution in [0.1, 0.15) is 64.4 Å². The number of ether oxygens (including phenoxy) is 5. The topological polar surface area (TPSA) is 240 Å². The number of rotatable bonds is 4. The minimum Gasteiger partial charge on any atom is -0.507 e. The third kappa shape index (κ3) is 8.38. The minimum atomic E-state index is -2.13. The van der Waals surface area contributed by atoms with Crippen molar-refractivity contribution in [2.75, 3.05) is 23.8 Å². The maximum Gasteiger partial charge on any atom is 0.413 e. The second kappa shape index (κ2) is 17.4. The van der Waals surface area contributed by atoms with Crippen LogP contribution in [0.3, 0.4) is 0 Å². The monoisotopic (exact) mass is 804 g/mol. The maximum atomic E-state index is 14.2. The van der Waals surface area contributed by atoms with E-state index in [0.29, 0.717) is 0 Å². The summed E-state index contributed by atoms with van der Waals surface area (Å²) in [5, 5.41) is 61.2. The lowest BCUT2D eigenvalue weighted by molar-refractivity contribution is -0.160. The first-order valence-electron chi connectivity index (χ1n) is 17.8. The van der Waals surface area contributed by atoms with Crippen molar-refractivity contribution in [3.05, 3.63) is 47.3 Å². The van der Waals surface area contributed by atoms with Gasteiger partial charge in [0.25, 0.3) is 11.7 Å². The molecule has 2 aromatic carbocycles. The van der Waals surface area contributed by atoms with Gasteiger partial charge in [-0.05, 0) is 19.9 Å². The zero-order valence-electron chi connectivity index (χ0n) is 32.5. The predicted octanol–water partition coefficient (Wildman–Crippen LogP) is 5.50. The summed E-state index contributed by atoms with van der Waals surface area (Å²) in [6.45, 7) is 12.1. The zero-order chi connectivity index (χ0) is 42.0. The van der Waals surface area contributed by atoms with E-state index in [9.17, 15) is 44.7 Å². The van der Waals surface area contributed by atoms with Crippen molar-refractivity contribution < 1.29 is 68.4 Å². The number of amides is 2. The number of carbonyl (C=O) groups excluding carboxylic acids is 4. The molecule has 0 saturated carbocycles. The minimum absolute atomic E-state index is 0.0381. The van der Waals surface area contributed by atoms with Crippen LogP contribution in [-0.2, 0) is 28.5 Å². The highest BCUT2D eigenvalue weighted by molar-refractivity contribution is 6.24. The molecule has 3 heterocycles. The Balaban J connectivity index is 1.97. The summed E-state index contributed by atoms with van der Waals surface area (Å²) < 4.78 is 28.0. The molecule has 56 heavy (non-hydrogen) atoms. The van der Waals surface area contributed by atoms with Crippen LogP contribution >= 0.6 is 11.6 Å². The van der Waals surface area contributed by atoms with Gasteiger partial charge in [-0.25, -0.2) is 4.79 Å². The van der Waals surface area contributed by atoms with Crippen LogP contribution in [0.15, 0.2) is 36.1 Å². The number of carbonyl (C=O) groups is 4. The second-order valence-electron chi connectivity index (χ2n) is 14.2. The Kier molecular flexibility index (Phi) is 13.6. The van der Waals surface area contributed by atoms with Crippen molar-refractivity contribution in [3.8, 4) is 23.0 Å². The molecule has 0 spiro atoms. The van der Waals surface area contributed by atoms with Gasteiger partial charge in [0.2, 0.25) is 0 Å². The molecule has 3 aliphatic heterocycles. The van der Waals surface area contributed by atoms with Gasteiger partial charge >= 0.3 is 17.8 Å². The normalized spacial score (nSPS) is 30.8. The molecule has 0 saturated heterocycles. The van der Waals surface area contributed by atoms with E-state index in [-0.39, 0.29) is 22.4 Å². The van der Waals surface area contributed by atoms with Gasteiger partial charge in [-0.1, -0.05) is 57.5 Å². The molecule has 2 aromatic rings. The van der Waals surface area contributed by atoms with Gasteiger partial charge in [0, 0.05) is 61.2 Å². The third-order valence-corrected chi connectivity index (χ3v) is 10.5. The fraction of sp³-hybridized carbons (Fsp3) is 0.487. The number of aliphatic hydroxyl groups is 2. The fourth-order valence-corrected chi connectivity index (χ4v) is 7.13. The van der Waals surface area contributed by atoms with Gasteiger partial charge in [-0.2, -0.15) is 0 Å². The molecule has 9 atom stereocenters. The van der Waals surface area contributed by atoms with E-state index in [4.69, 9.17) is 35.3 Å². The average molecular weight is 805 g/mol. The molecule has 16 nitrogen and oxygen atoms in total. The van der Waals surface area contributed by atoms with Gasteiger partial charge in [0.15, 0.2) is 11.8 Å². The molecule has 3 aliphatic rings. The summed E-state index contributed by atoms with van der Waals surface area (Å²) in [6.07, 6.45) is 1.84. The molecule has 5 bridgehead atoms. The fourth-order valence-electron chi connectivity index (χ4n) is 7.03. The van der Waals surface area contributed by atoms with Crippen LogP contribution in [0.2, 0.25) is 0 Å². The van der Waals surface area contributed by atoms with Crippen LogP contribution in [0.5, 0.6) is 23.0 Å². The van der Waals surface area contributed by atoms with Crippen molar-refractivity contribution in [2.45, 2.75) is 85.6 Å². The number of phenolic OH excluding ortho intramolecular Hbond substituents is 3. The first-order chi connectivity index (χ1) is 26.2. The molecule has 0 unspecified atom stereocenters. The van der Waals surface area contributed by atoms with E-state index in [0.717, 1.165) is 6.26 Å². The van der Waals surface area contributed by atoms with Crippen molar-refractivity contribution in [1.82, 2.24) is 0 Å². The number of halogens is 1.